The molecule has 0 fully saturated rings. The first-order chi connectivity index (χ1) is 12.7. The van der Waals surface area contributed by atoms with Crippen molar-refractivity contribution in [2.75, 3.05) is 13.2 Å². The summed E-state index contributed by atoms with van der Waals surface area (Å²) in [7, 11) is 0. The van der Waals surface area contributed by atoms with Crippen molar-refractivity contribution in [3.05, 3.63) is 85.2 Å². The van der Waals surface area contributed by atoms with Gasteiger partial charge in [0.25, 0.3) is 0 Å². The first-order valence-electron chi connectivity index (χ1n) is 8.53. The van der Waals surface area contributed by atoms with E-state index in [2.05, 4.69) is 6.58 Å². The topological polar surface area (TPSA) is 18.5 Å². The molecule has 0 unspecified atom stereocenters. The Kier molecular flexibility index (Phi) is 5.69. The third-order valence-corrected chi connectivity index (χ3v) is 4.04. The average molecular weight is 348 g/mol. The summed E-state index contributed by atoms with van der Waals surface area (Å²) in [6.45, 7) is 6.38. The Hall–Kier alpha value is -3.07. The standard InChI is InChI=1S/C23H21FO2/c1-3-5-15-26-22-13-9-19-16-18(8-12-21(19)23(22)24)17-6-10-20(11-7-17)25-14-4-2/h3-13,16H,2,14-15H2,1H3. The molecule has 3 rings (SSSR count). The summed E-state index contributed by atoms with van der Waals surface area (Å²) < 4.78 is 25.6. The number of allylic oxidation sites excluding steroid dienone is 1. The third kappa shape index (κ3) is 3.94. The van der Waals surface area contributed by atoms with E-state index in [1.165, 1.54) is 0 Å². The Bertz CT molecular complexity index is 927. The van der Waals surface area contributed by atoms with Crippen LogP contribution in [0.15, 0.2) is 79.4 Å². The number of ether oxygens (including phenoxy) is 2. The molecule has 0 N–H and O–H groups in total. The number of fused-ring (bicyclic) bond motifs is 1. The Balaban J connectivity index is 1.87. The summed E-state index contributed by atoms with van der Waals surface area (Å²) >= 11 is 0. The van der Waals surface area contributed by atoms with Gasteiger partial charge in [-0.15, -0.1) is 0 Å². The molecule has 0 amide bonds. The van der Waals surface area contributed by atoms with Crippen LogP contribution in [0.25, 0.3) is 21.9 Å². The second kappa shape index (κ2) is 8.34. The zero-order valence-corrected chi connectivity index (χ0v) is 14.7. The summed E-state index contributed by atoms with van der Waals surface area (Å²) in [6.07, 6.45) is 5.43. The normalized spacial score (nSPS) is 11.0. The molecule has 3 aromatic carbocycles. The van der Waals surface area contributed by atoms with Gasteiger partial charge in [0.15, 0.2) is 11.6 Å². The van der Waals surface area contributed by atoms with E-state index >= 15 is 0 Å². The number of halogens is 1. The highest BCUT2D eigenvalue weighted by atomic mass is 19.1. The fourth-order valence-corrected chi connectivity index (χ4v) is 2.70. The van der Waals surface area contributed by atoms with Gasteiger partial charge in [-0.1, -0.05) is 55.1 Å². The molecule has 26 heavy (non-hydrogen) atoms. The van der Waals surface area contributed by atoms with Gasteiger partial charge in [0.1, 0.15) is 19.0 Å². The number of hydrogen-bond donors (Lipinski definition) is 0. The summed E-state index contributed by atoms with van der Waals surface area (Å²) in [5.74, 6) is 0.738. The maximum absolute atomic E-state index is 14.6. The molecule has 2 nitrogen and oxygen atoms in total. The SMILES string of the molecule is C=CCOc1ccc(-c2ccc3c(F)c(OCC=CC)ccc3c2)cc1. The summed E-state index contributed by atoms with van der Waals surface area (Å²) in [6, 6.07) is 17.1. The van der Waals surface area contributed by atoms with Crippen LogP contribution in [0.5, 0.6) is 11.5 Å². The maximum atomic E-state index is 14.6. The van der Waals surface area contributed by atoms with Crippen molar-refractivity contribution in [1.82, 2.24) is 0 Å². The third-order valence-electron chi connectivity index (χ3n) is 4.04. The van der Waals surface area contributed by atoms with Gasteiger partial charge in [-0.05, 0) is 47.7 Å². The van der Waals surface area contributed by atoms with E-state index in [4.69, 9.17) is 9.47 Å². The lowest BCUT2D eigenvalue weighted by Crippen LogP contribution is -1.96. The monoisotopic (exact) mass is 348 g/mol. The Morgan fingerprint density at radius 1 is 0.923 bits per heavy atom. The van der Waals surface area contributed by atoms with Crippen LogP contribution in [0.4, 0.5) is 4.39 Å². The number of rotatable bonds is 7. The molecule has 0 atom stereocenters. The molecule has 0 aromatic heterocycles. The first kappa shape index (κ1) is 17.7. The van der Waals surface area contributed by atoms with Crippen molar-refractivity contribution in [1.29, 1.82) is 0 Å². The van der Waals surface area contributed by atoms with Gasteiger partial charge in [-0.3, -0.25) is 0 Å². The highest BCUT2D eigenvalue weighted by molar-refractivity contribution is 5.89. The molecule has 3 aromatic rings. The largest absolute Gasteiger partial charge is 0.490 e. The van der Waals surface area contributed by atoms with Crippen molar-refractivity contribution in [2.45, 2.75) is 6.92 Å². The molecule has 0 heterocycles. The van der Waals surface area contributed by atoms with Gasteiger partial charge in [0, 0.05) is 5.39 Å². The van der Waals surface area contributed by atoms with Crippen LogP contribution in [-0.4, -0.2) is 13.2 Å². The van der Waals surface area contributed by atoms with Gasteiger partial charge in [0.2, 0.25) is 0 Å². The zero-order chi connectivity index (χ0) is 18.4. The minimum atomic E-state index is -0.327. The molecule has 0 saturated carbocycles. The van der Waals surface area contributed by atoms with E-state index in [9.17, 15) is 4.39 Å². The van der Waals surface area contributed by atoms with Gasteiger partial charge < -0.3 is 9.47 Å². The second-order valence-corrected chi connectivity index (χ2v) is 5.82. The highest BCUT2D eigenvalue weighted by Crippen LogP contribution is 2.31. The maximum Gasteiger partial charge on any atom is 0.172 e. The fourth-order valence-electron chi connectivity index (χ4n) is 2.70. The Labute approximate surface area is 153 Å². The molecule has 0 aliphatic rings. The molecule has 0 spiro atoms. The summed E-state index contributed by atoms with van der Waals surface area (Å²) in [4.78, 5) is 0. The van der Waals surface area contributed by atoms with E-state index in [0.717, 1.165) is 22.3 Å². The minimum Gasteiger partial charge on any atom is -0.490 e. The second-order valence-electron chi connectivity index (χ2n) is 5.82. The predicted octanol–water partition coefficient (Wildman–Crippen LogP) is 6.17. The zero-order valence-electron chi connectivity index (χ0n) is 14.7. The molecule has 0 bridgehead atoms. The van der Waals surface area contributed by atoms with Crippen LogP contribution in [0.3, 0.4) is 0 Å². The molecular formula is C23H21FO2. The number of benzene rings is 3. The Morgan fingerprint density at radius 2 is 1.69 bits per heavy atom. The van der Waals surface area contributed by atoms with Gasteiger partial charge in [0.05, 0.1) is 0 Å². The van der Waals surface area contributed by atoms with Crippen molar-refractivity contribution in [3.8, 4) is 22.6 Å². The summed E-state index contributed by atoms with van der Waals surface area (Å²) in [5.41, 5.74) is 2.07. The summed E-state index contributed by atoms with van der Waals surface area (Å²) in [5, 5.41) is 1.39. The molecular weight excluding hydrogens is 327 g/mol. The van der Waals surface area contributed by atoms with E-state index in [1.807, 2.05) is 61.5 Å². The molecule has 0 aliphatic carbocycles. The van der Waals surface area contributed by atoms with E-state index in [0.29, 0.717) is 18.6 Å². The molecule has 0 radical (unpaired) electrons. The van der Waals surface area contributed by atoms with Gasteiger partial charge >= 0.3 is 0 Å². The van der Waals surface area contributed by atoms with Crippen molar-refractivity contribution >= 4 is 10.8 Å². The lowest BCUT2D eigenvalue weighted by Gasteiger charge is -2.10. The van der Waals surface area contributed by atoms with Crippen LogP contribution in [0.1, 0.15) is 6.92 Å². The van der Waals surface area contributed by atoms with Crippen molar-refractivity contribution in [2.24, 2.45) is 0 Å². The molecule has 3 heteroatoms. The number of hydrogen-bond acceptors (Lipinski definition) is 2. The fraction of sp³-hybridized carbons (Fsp3) is 0.130. The Morgan fingerprint density at radius 3 is 2.42 bits per heavy atom. The highest BCUT2D eigenvalue weighted by Gasteiger charge is 2.09. The van der Waals surface area contributed by atoms with Crippen LogP contribution in [0, 0.1) is 5.82 Å². The van der Waals surface area contributed by atoms with E-state index in [-0.39, 0.29) is 11.6 Å². The molecule has 0 aliphatic heterocycles. The average Bonchev–Trinajstić information content (AvgIpc) is 2.68. The van der Waals surface area contributed by atoms with Crippen LogP contribution < -0.4 is 9.47 Å². The van der Waals surface area contributed by atoms with Gasteiger partial charge in [-0.2, -0.15) is 0 Å². The lowest BCUT2D eigenvalue weighted by molar-refractivity contribution is 0.343. The van der Waals surface area contributed by atoms with Crippen molar-refractivity contribution in [3.63, 3.8) is 0 Å². The minimum absolute atomic E-state index is 0.270. The lowest BCUT2D eigenvalue weighted by atomic mass is 10.0. The molecule has 132 valence electrons. The van der Waals surface area contributed by atoms with Crippen molar-refractivity contribution < 1.29 is 13.9 Å². The van der Waals surface area contributed by atoms with Crippen LogP contribution in [0.2, 0.25) is 0 Å². The molecule has 0 saturated heterocycles. The van der Waals surface area contributed by atoms with Crippen LogP contribution >= 0.6 is 0 Å². The van der Waals surface area contributed by atoms with E-state index < -0.39 is 0 Å². The first-order valence-corrected chi connectivity index (χ1v) is 8.53. The quantitative estimate of drug-likeness (QED) is 0.476. The van der Waals surface area contributed by atoms with Gasteiger partial charge in [-0.25, -0.2) is 4.39 Å². The van der Waals surface area contributed by atoms with Crippen LogP contribution in [-0.2, 0) is 0 Å². The predicted molar refractivity (Wildman–Crippen MR) is 105 cm³/mol. The van der Waals surface area contributed by atoms with E-state index in [1.54, 1.807) is 18.2 Å². The smallest absolute Gasteiger partial charge is 0.172 e.